The average molecular weight is 375 g/mol. The zero-order valence-corrected chi connectivity index (χ0v) is 16.6. The van der Waals surface area contributed by atoms with E-state index >= 15 is 0 Å². The van der Waals surface area contributed by atoms with Crippen LogP contribution in [0, 0.1) is 0 Å². The average Bonchev–Trinajstić information content (AvgIpc) is 2.90. The van der Waals surface area contributed by atoms with E-state index in [9.17, 15) is 0 Å². The molecule has 4 heteroatoms. The molecule has 1 unspecified atom stereocenters. The number of likely N-dealkylation sites (N-methyl/N-ethyl adjacent to an activating group) is 2. The van der Waals surface area contributed by atoms with Gasteiger partial charge in [0.05, 0.1) is 0 Å². The number of hydrogen-bond acceptors (Lipinski definition) is 3. The maximum Gasteiger partial charge on any atom is 0.0360 e. The van der Waals surface area contributed by atoms with Crippen LogP contribution in [0.25, 0.3) is 0 Å². The minimum absolute atomic E-state index is 0.239. The minimum Gasteiger partial charge on any atom is -0.312 e. The summed E-state index contributed by atoms with van der Waals surface area (Å²) in [5.74, 6) is 0. The van der Waals surface area contributed by atoms with Crippen molar-refractivity contribution in [3.8, 4) is 0 Å². The van der Waals surface area contributed by atoms with Crippen LogP contribution >= 0.6 is 27.3 Å². The van der Waals surface area contributed by atoms with Crippen LogP contribution in [0.2, 0.25) is 0 Å². The highest BCUT2D eigenvalue weighted by Gasteiger charge is 2.39. The topological polar surface area (TPSA) is 15.3 Å². The number of thiophene rings is 1. The fraction of sp³-hybridized carbons (Fsp3) is 0.765. The van der Waals surface area contributed by atoms with E-state index < -0.39 is 0 Å². The lowest BCUT2D eigenvalue weighted by molar-refractivity contribution is 0.0500. The van der Waals surface area contributed by atoms with Gasteiger partial charge in [-0.05, 0) is 59.9 Å². The molecule has 0 aromatic carbocycles. The van der Waals surface area contributed by atoms with Crippen LogP contribution in [0.5, 0.6) is 0 Å². The van der Waals surface area contributed by atoms with Crippen LogP contribution in [0.15, 0.2) is 15.9 Å². The predicted octanol–water partition coefficient (Wildman–Crippen LogP) is 4.93. The summed E-state index contributed by atoms with van der Waals surface area (Å²) in [7, 11) is 0. The third-order valence-electron chi connectivity index (χ3n) is 4.80. The van der Waals surface area contributed by atoms with Gasteiger partial charge >= 0.3 is 0 Å². The van der Waals surface area contributed by atoms with Crippen molar-refractivity contribution in [3.05, 3.63) is 20.8 Å². The summed E-state index contributed by atoms with van der Waals surface area (Å²) in [6.07, 6.45) is 3.47. The zero-order chi connectivity index (χ0) is 15.9. The van der Waals surface area contributed by atoms with Crippen molar-refractivity contribution in [3.63, 3.8) is 0 Å². The van der Waals surface area contributed by atoms with E-state index in [4.69, 9.17) is 0 Å². The summed E-state index contributed by atoms with van der Waals surface area (Å²) in [4.78, 5) is 4.11. The Bertz CT molecular complexity index is 397. The summed E-state index contributed by atoms with van der Waals surface area (Å²) in [6.45, 7) is 14.7. The van der Waals surface area contributed by atoms with E-state index in [0.29, 0.717) is 6.04 Å². The van der Waals surface area contributed by atoms with Crippen molar-refractivity contribution in [2.24, 2.45) is 0 Å². The molecule has 122 valence electrons. The quantitative estimate of drug-likeness (QED) is 0.624. The molecule has 0 spiro atoms. The van der Waals surface area contributed by atoms with Crippen LogP contribution in [-0.2, 0) is 6.42 Å². The molecule has 0 saturated carbocycles. The van der Waals surface area contributed by atoms with Crippen molar-refractivity contribution < 1.29 is 0 Å². The maximum atomic E-state index is 3.78. The zero-order valence-electron chi connectivity index (χ0n) is 14.2. The van der Waals surface area contributed by atoms with Crippen LogP contribution < -0.4 is 5.32 Å². The van der Waals surface area contributed by atoms with Gasteiger partial charge in [0.1, 0.15) is 0 Å². The summed E-state index contributed by atoms with van der Waals surface area (Å²) in [6, 6.07) is 2.66. The second-order valence-electron chi connectivity index (χ2n) is 5.49. The highest BCUT2D eigenvalue weighted by atomic mass is 79.9. The summed E-state index contributed by atoms with van der Waals surface area (Å²) in [5.41, 5.74) is 0.239. The summed E-state index contributed by atoms with van der Waals surface area (Å²) < 4.78 is 1.26. The first kappa shape index (κ1) is 19.1. The molecule has 0 aliphatic carbocycles. The molecule has 2 nitrogen and oxygen atoms in total. The van der Waals surface area contributed by atoms with E-state index in [-0.39, 0.29) is 5.54 Å². The highest BCUT2D eigenvalue weighted by Crippen LogP contribution is 2.33. The first-order chi connectivity index (χ1) is 10.1. The summed E-state index contributed by atoms with van der Waals surface area (Å²) in [5, 5.41) is 5.96. The normalized spacial score (nSPS) is 13.9. The van der Waals surface area contributed by atoms with E-state index in [0.717, 1.165) is 26.1 Å². The highest BCUT2D eigenvalue weighted by molar-refractivity contribution is 9.10. The van der Waals surface area contributed by atoms with Gasteiger partial charge in [0.15, 0.2) is 0 Å². The lowest BCUT2D eigenvalue weighted by atomic mass is 9.80. The van der Waals surface area contributed by atoms with Crippen molar-refractivity contribution in [1.29, 1.82) is 0 Å². The second-order valence-corrected chi connectivity index (χ2v) is 7.34. The monoisotopic (exact) mass is 374 g/mol. The van der Waals surface area contributed by atoms with Gasteiger partial charge < -0.3 is 5.32 Å². The molecular weight excluding hydrogens is 344 g/mol. The SMILES string of the molecule is CCNC(Cc1sccc1Br)C(CC)(CC)N(CC)CC. The van der Waals surface area contributed by atoms with Crippen molar-refractivity contribution in [2.75, 3.05) is 19.6 Å². The molecule has 0 fully saturated rings. The molecule has 21 heavy (non-hydrogen) atoms. The van der Waals surface area contributed by atoms with Crippen molar-refractivity contribution in [2.45, 2.75) is 65.5 Å². The van der Waals surface area contributed by atoms with Gasteiger partial charge in [0, 0.05) is 27.4 Å². The molecule has 0 aliphatic heterocycles. The van der Waals surface area contributed by atoms with E-state index in [1.807, 2.05) is 11.3 Å². The molecular formula is C17H31BrN2S. The Morgan fingerprint density at radius 1 is 1.19 bits per heavy atom. The molecule has 0 saturated heterocycles. The Balaban J connectivity index is 3.10. The van der Waals surface area contributed by atoms with Gasteiger partial charge in [-0.3, -0.25) is 4.90 Å². The van der Waals surface area contributed by atoms with Crippen LogP contribution in [0.4, 0.5) is 0 Å². The van der Waals surface area contributed by atoms with Gasteiger partial charge in [-0.15, -0.1) is 11.3 Å². The van der Waals surface area contributed by atoms with Crippen LogP contribution in [0.3, 0.4) is 0 Å². The molecule has 1 aromatic heterocycles. The Kier molecular flexibility index (Phi) is 8.47. The van der Waals surface area contributed by atoms with Crippen LogP contribution in [-0.4, -0.2) is 36.1 Å². The Labute approximate surface area is 143 Å². The molecule has 0 bridgehead atoms. The molecule has 1 rings (SSSR count). The first-order valence-corrected chi connectivity index (χ1v) is 9.96. The number of hydrogen-bond donors (Lipinski definition) is 1. The Hall–Kier alpha value is 0.1000. The van der Waals surface area contributed by atoms with E-state index in [2.05, 4.69) is 72.2 Å². The molecule has 1 heterocycles. The van der Waals surface area contributed by atoms with E-state index in [1.165, 1.54) is 22.2 Å². The van der Waals surface area contributed by atoms with E-state index in [1.54, 1.807) is 0 Å². The van der Waals surface area contributed by atoms with Gasteiger partial charge in [0.25, 0.3) is 0 Å². The maximum absolute atomic E-state index is 3.78. The van der Waals surface area contributed by atoms with Gasteiger partial charge in [-0.2, -0.15) is 0 Å². The Morgan fingerprint density at radius 2 is 1.81 bits per heavy atom. The summed E-state index contributed by atoms with van der Waals surface area (Å²) >= 11 is 5.56. The number of nitrogens with one attached hydrogen (secondary N) is 1. The fourth-order valence-electron chi connectivity index (χ4n) is 3.62. The third-order valence-corrected chi connectivity index (χ3v) is 6.75. The lowest BCUT2D eigenvalue weighted by Crippen LogP contribution is -2.61. The fourth-order valence-corrected chi connectivity index (χ4v) is 5.18. The van der Waals surface area contributed by atoms with Crippen molar-refractivity contribution >= 4 is 27.3 Å². The molecule has 1 aromatic rings. The van der Waals surface area contributed by atoms with Crippen LogP contribution in [0.1, 0.15) is 52.3 Å². The largest absolute Gasteiger partial charge is 0.312 e. The van der Waals surface area contributed by atoms with Gasteiger partial charge in [0.2, 0.25) is 0 Å². The first-order valence-electron chi connectivity index (χ1n) is 8.29. The predicted molar refractivity (Wildman–Crippen MR) is 99.4 cm³/mol. The smallest absolute Gasteiger partial charge is 0.0360 e. The standard InChI is InChI=1S/C17H31BrN2S/c1-6-17(7-2,20(9-4)10-5)16(19-8-3)13-15-14(18)11-12-21-15/h11-12,16,19H,6-10,13H2,1-5H3. The number of rotatable bonds is 10. The molecule has 1 atom stereocenters. The molecule has 1 N–H and O–H groups in total. The number of halogens is 1. The minimum atomic E-state index is 0.239. The lowest BCUT2D eigenvalue weighted by Gasteiger charge is -2.48. The molecule has 0 aliphatic rings. The van der Waals surface area contributed by atoms with Gasteiger partial charge in [-0.1, -0.05) is 34.6 Å². The van der Waals surface area contributed by atoms with Crippen molar-refractivity contribution in [1.82, 2.24) is 10.2 Å². The Morgan fingerprint density at radius 3 is 2.19 bits per heavy atom. The molecule has 0 amide bonds. The number of nitrogens with zero attached hydrogens (tertiary/aromatic N) is 1. The van der Waals surface area contributed by atoms with Gasteiger partial charge in [-0.25, -0.2) is 0 Å². The second kappa shape index (κ2) is 9.29. The third kappa shape index (κ3) is 4.31. The molecule has 0 radical (unpaired) electrons.